The molecule has 0 fully saturated rings. The molecule has 0 saturated carbocycles. The molecule has 0 bridgehead atoms. The van der Waals surface area contributed by atoms with Crippen LogP contribution >= 0.6 is 0 Å². The third kappa shape index (κ3) is 24.7. The zero-order chi connectivity index (χ0) is 73.7. The Morgan fingerprint density at radius 3 is 1.40 bits per heavy atom. The van der Waals surface area contributed by atoms with Crippen LogP contribution in [-0.2, 0) is 51.2 Å². The summed E-state index contributed by atoms with van der Waals surface area (Å²) in [6, 6.07) is 30.8. The largest absolute Gasteiger partial charge is 0.460 e. The van der Waals surface area contributed by atoms with E-state index in [-0.39, 0.29) is 97.0 Å². The molecule has 103 heavy (non-hydrogen) atoms. The Kier molecular flexibility index (Phi) is 31.1. The van der Waals surface area contributed by atoms with Crippen LogP contribution in [0.4, 0.5) is 22.0 Å². The van der Waals surface area contributed by atoms with Gasteiger partial charge in [0.15, 0.2) is 11.6 Å². The summed E-state index contributed by atoms with van der Waals surface area (Å²) in [4.78, 5) is 105. The van der Waals surface area contributed by atoms with Crippen LogP contribution in [0.25, 0.3) is 5.52 Å². The Morgan fingerprint density at radius 1 is 0.505 bits per heavy atom. The molecular weight excluding hydrogens is 1340 g/mol. The second-order valence-electron chi connectivity index (χ2n) is 21.2. The summed E-state index contributed by atoms with van der Waals surface area (Å²) in [6.45, 7) is 5.15. The van der Waals surface area contributed by atoms with Gasteiger partial charge in [-0.25, -0.2) is 46.5 Å². The van der Waals surface area contributed by atoms with E-state index in [1.165, 1.54) is 112 Å². The maximum absolute atomic E-state index is 13.8. The quantitative estimate of drug-likeness (QED) is 0.0129. The number of hydrogen-bond donors (Lipinski definition) is 3. The minimum absolute atomic E-state index is 0.00532. The number of rotatable bonds is 19. The van der Waals surface area contributed by atoms with Crippen LogP contribution in [0.5, 0.6) is 0 Å². The number of oxime groups is 1. The molecule has 4 N–H and O–H groups in total. The lowest BCUT2D eigenvalue weighted by Crippen LogP contribution is -2.37. The van der Waals surface area contributed by atoms with E-state index in [9.17, 15) is 45.9 Å². The molecule has 526 valence electrons. The molecule has 12 aromatic rings. The number of fused-ring (bicyclic) bond motifs is 1. The number of halogens is 5. The number of nitrogens with zero attached hydrogens (tertiary/aromatic N) is 14. The number of Topliss-reactive ketones (excluding diaryl/α,β-unsaturated/α-hetero) is 2. The average molecular weight is 1400 g/mol. The first-order chi connectivity index (χ1) is 50.0. The molecule has 29 heteroatoms. The maximum Gasteiger partial charge on any atom is 0.396 e. The van der Waals surface area contributed by atoms with Crippen molar-refractivity contribution in [2.45, 2.75) is 65.0 Å². The molecule has 5 aromatic carbocycles. The number of nitrogens with two attached hydrogens (primary N) is 1. The third-order valence-corrected chi connectivity index (χ3v) is 14.1. The molecule has 0 spiro atoms. The SMILES string of the molecule is CC(=O)c1cnccn1.CCOC(=O)C(=O)NC(Cc1ccccc1F)c1cnccn1.CCOC(=O)c1nc(Cc2ccccc2F)c2cnccn12.NC(Cc1ccccc1F)c1cnccn1.O/N=C(\Cc1ccccc1F)c1cnccn1.O=C(Cc1ccccc1F)c1cnccn1. The fourth-order valence-electron chi connectivity index (χ4n) is 9.09. The maximum atomic E-state index is 13.8. The number of benzene rings is 5. The number of ketones is 2. The number of aromatic nitrogens is 13. The Bertz CT molecular complexity index is 4700. The van der Waals surface area contributed by atoms with Crippen molar-refractivity contribution in [3.8, 4) is 0 Å². The molecule has 7 aromatic heterocycles. The topological polar surface area (TPSA) is 334 Å². The Morgan fingerprint density at radius 2 is 0.942 bits per heavy atom. The summed E-state index contributed by atoms with van der Waals surface area (Å²) in [6.07, 6.45) is 28.2. The van der Waals surface area contributed by atoms with Crippen LogP contribution in [0.15, 0.2) is 238 Å². The highest BCUT2D eigenvalue weighted by Crippen LogP contribution is 2.22. The van der Waals surface area contributed by atoms with Crippen molar-refractivity contribution in [1.82, 2.24) is 69.5 Å². The Balaban J connectivity index is 0.000000176. The summed E-state index contributed by atoms with van der Waals surface area (Å²) in [5, 5.41) is 14.6. The monoisotopic (exact) mass is 1400 g/mol. The number of hydrogen-bond acceptors (Lipinski definition) is 22. The summed E-state index contributed by atoms with van der Waals surface area (Å²) in [5.41, 5.74) is 12.0. The number of carbonyl (C=O) groups excluding carboxylic acids is 5. The fourth-order valence-corrected chi connectivity index (χ4v) is 9.09. The van der Waals surface area contributed by atoms with E-state index in [1.807, 2.05) is 0 Å². The minimum atomic E-state index is -0.991. The summed E-state index contributed by atoms with van der Waals surface area (Å²) in [7, 11) is 0. The van der Waals surface area contributed by atoms with Gasteiger partial charge in [-0.3, -0.25) is 63.6 Å². The number of nitrogens with one attached hydrogen (secondary N) is 1. The van der Waals surface area contributed by atoms with Gasteiger partial charge in [0, 0.05) is 113 Å². The lowest BCUT2D eigenvalue weighted by molar-refractivity contribution is -0.154. The Labute approximate surface area is 587 Å². The molecule has 0 aliphatic carbocycles. The van der Waals surface area contributed by atoms with Gasteiger partial charge in [0.25, 0.3) is 0 Å². The Hall–Kier alpha value is -13.1. The molecule has 2 atom stereocenters. The van der Waals surface area contributed by atoms with Crippen LogP contribution in [0, 0.1) is 29.1 Å². The predicted molar refractivity (Wildman–Crippen MR) is 366 cm³/mol. The van der Waals surface area contributed by atoms with E-state index >= 15 is 0 Å². The van der Waals surface area contributed by atoms with Gasteiger partial charge in [-0.15, -0.1) is 0 Å². The van der Waals surface area contributed by atoms with E-state index < -0.39 is 29.7 Å². The number of amides is 1. The van der Waals surface area contributed by atoms with Gasteiger partial charge < -0.3 is 25.7 Å². The van der Waals surface area contributed by atoms with Crippen LogP contribution in [0.1, 0.15) is 115 Å². The number of ether oxygens (including phenoxy) is 2. The van der Waals surface area contributed by atoms with Crippen molar-refractivity contribution in [2.75, 3.05) is 13.2 Å². The first-order valence-electron chi connectivity index (χ1n) is 31.4. The second kappa shape index (κ2) is 41.4. The smallest absolute Gasteiger partial charge is 0.396 e. The highest BCUT2D eigenvalue weighted by Gasteiger charge is 2.24. The molecule has 0 saturated heterocycles. The van der Waals surface area contributed by atoms with Crippen LogP contribution < -0.4 is 11.1 Å². The molecule has 24 nitrogen and oxygen atoms in total. The number of imidazole rings is 1. The highest BCUT2D eigenvalue weighted by atomic mass is 19.1. The van der Waals surface area contributed by atoms with Gasteiger partial charge in [0.2, 0.25) is 5.82 Å². The van der Waals surface area contributed by atoms with Crippen LogP contribution in [-0.4, -0.2) is 118 Å². The van der Waals surface area contributed by atoms with E-state index in [1.54, 1.807) is 146 Å². The summed E-state index contributed by atoms with van der Waals surface area (Å²) in [5.74, 6) is -4.17. The highest BCUT2D eigenvalue weighted by molar-refractivity contribution is 6.32. The molecule has 0 radical (unpaired) electrons. The summed E-state index contributed by atoms with van der Waals surface area (Å²) >= 11 is 0. The molecule has 7 heterocycles. The van der Waals surface area contributed by atoms with Crippen LogP contribution in [0.2, 0.25) is 0 Å². The lowest BCUT2D eigenvalue weighted by atomic mass is 10.0. The van der Waals surface area contributed by atoms with Gasteiger partial charge >= 0.3 is 17.8 Å². The predicted octanol–water partition coefficient (Wildman–Crippen LogP) is 10.8. The van der Waals surface area contributed by atoms with Crippen molar-refractivity contribution < 1.29 is 60.6 Å². The standard InChI is InChI=1S/C16H16FN3O3.C16H14FN3O2.C12H10FN3O.C12H12FN3.C12H9FN2O.C6H6N2O/c1-2-23-16(22)15(21)20-13(14-10-18-7-8-19-14)9-11-5-3-4-6-12(11)17;1-2-22-16(21)15-19-13(14-10-18-7-8-20(14)15)9-11-5-3-4-6-12(11)17;13-10-4-2-1-3-9(10)7-11(16-17)12-8-14-5-6-15-12;13-10-4-2-1-3-9(10)7-11(14)12-8-15-5-6-16-12;13-10-4-2-1-3-9(10)7-12(16)11-8-14-5-6-15-11;1-5(9)6-4-7-2-3-8-6/h3-8,10,13H,2,9H2,1H3,(H,20,21);3-8,10H,2,9H2,1H3;1-6,8,17H,7H2;1-6,8,11H,7,14H2;1-6,8H,7H2;2-4H,1H3/b;;16-11+;;;. The van der Waals surface area contributed by atoms with E-state index in [0.717, 1.165) is 0 Å². The van der Waals surface area contributed by atoms with Crippen LogP contribution in [0.3, 0.4) is 0 Å². The number of carbonyl (C=O) groups is 5. The van der Waals surface area contributed by atoms with E-state index in [2.05, 4.69) is 75.0 Å². The average Bonchev–Trinajstić information content (AvgIpc) is 1.64. The van der Waals surface area contributed by atoms with Gasteiger partial charge in [-0.05, 0) is 78.4 Å². The molecule has 1 amide bonds. The molecule has 2 unspecified atom stereocenters. The fraction of sp³-hybridized carbons (Fsp3) is 0.162. The third-order valence-electron chi connectivity index (χ3n) is 14.1. The second-order valence-corrected chi connectivity index (χ2v) is 21.2. The molecular formula is C74H67F5N16O8. The van der Waals surface area contributed by atoms with E-state index in [0.29, 0.717) is 68.2 Å². The zero-order valence-electron chi connectivity index (χ0n) is 55.6. The van der Waals surface area contributed by atoms with Gasteiger partial charge in [-0.2, -0.15) is 0 Å². The van der Waals surface area contributed by atoms with Gasteiger partial charge in [0.05, 0.1) is 78.9 Å². The first-order valence-corrected chi connectivity index (χ1v) is 31.4. The van der Waals surface area contributed by atoms with Crippen molar-refractivity contribution in [2.24, 2.45) is 10.9 Å². The lowest BCUT2D eigenvalue weighted by Gasteiger charge is -2.17. The van der Waals surface area contributed by atoms with Gasteiger partial charge in [0.1, 0.15) is 51.9 Å². The van der Waals surface area contributed by atoms with Crippen molar-refractivity contribution in [3.05, 3.63) is 330 Å². The first kappa shape index (κ1) is 77.3. The van der Waals surface area contributed by atoms with Crippen molar-refractivity contribution in [1.29, 1.82) is 0 Å². The van der Waals surface area contributed by atoms with E-state index in [4.69, 9.17) is 15.7 Å². The van der Waals surface area contributed by atoms with Crippen molar-refractivity contribution in [3.63, 3.8) is 0 Å². The minimum Gasteiger partial charge on any atom is -0.460 e. The normalized spacial score (nSPS) is 11.1. The van der Waals surface area contributed by atoms with Gasteiger partial charge in [-0.1, -0.05) is 96.2 Å². The zero-order valence-corrected chi connectivity index (χ0v) is 55.6. The van der Waals surface area contributed by atoms with Crippen molar-refractivity contribution >= 4 is 40.6 Å². The molecule has 0 aliphatic rings. The number of esters is 2. The molecule has 0 aliphatic heterocycles. The molecule has 12 rings (SSSR count). The summed E-state index contributed by atoms with van der Waals surface area (Å²) < 4.78 is 79.0.